The molecule has 1 aliphatic heterocycles. The van der Waals surface area contributed by atoms with Crippen molar-refractivity contribution >= 4 is 6.09 Å². The van der Waals surface area contributed by atoms with Gasteiger partial charge in [-0.15, -0.1) is 0 Å². The number of ether oxygens (including phenoxy) is 1. The Morgan fingerprint density at radius 2 is 1.88 bits per heavy atom. The number of rotatable bonds is 2. The number of aliphatic hydroxyl groups is 1. The number of amides is 1. The predicted molar refractivity (Wildman–Crippen MR) is 53.3 cm³/mol. The van der Waals surface area contributed by atoms with Gasteiger partial charge in [-0.3, -0.25) is 0 Å². The van der Waals surface area contributed by atoms with Gasteiger partial charge in [-0.25, -0.2) is 4.79 Å². The van der Waals surface area contributed by atoms with Gasteiger partial charge in [-0.05, 0) is 11.8 Å². The third kappa shape index (κ3) is 3.49. The molecule has 0 aliphatic carbocycles. The molecule has 1 rings (SSSR count). The highest BCUT2D eigenvalue weighted by Gasteiger charge is 2.44. The summed E-state index contributed by atoms with van der Waals surface area (Å²) in [6.07, 6.45) is -8.19. The fourth-order valence-corrected chi connectivity index (χ4v) is 1.68. The number of halogens is 3. The van der Waals surface area contributed by atoms with Gasteiger partial charge in [0, 0.05) is 13.1 Å². The Labute approximate surface area is 97.3 Å². The fraction of sp³-hybridized carbons (Fsp3) is 0.900. The first-order chi connectivity index (χ1) is 7.75. The van der Waals surface area contributed by atoms with Gasteiger partial charge in [0.05, 0.1) is 6.61 Å². The van der Waals surface area contributed by atoms with Crippen LogP contribution in [0.1, 0.15) is 13.8 Å². The molecular weight excluding hydrogens is 239 g/mol. The van der Waals surface area contributed by atoms with Crippen LogP contribution in [0, 0.1) is 11.8 Å². The Kier molecular flexibility index (Phi) is 4.24. The summed E-state index contributed by atoms with van der Waals surface area (Å²) in [6.45, 7) is 3.36. The zero-order chi connectivity index (χ0) is 13.2. The maximum Gasteiger partial charge on any atom is 0.427 e. The normalized spacial score (nSPS) is 27.1. The Morgan fingerprint density at radius 3 is 2.24 bits per heavy atom. The molecule has 0 radical (unpaired) electrons. The van der Waals surface area contributed by atoms with E-state index < -0.39 is 25.0 Å². The molecule has 100 valence electrons. The van der Waals surface area contributed by atoms with Crippen LogP contribution in [-0.2, 0) is 4.74 Å². The first-order valence-electron chi connectivity index (χ1n) is 5.38. The minimum Gasteiger partial charge on any atom is -0.434 e. The first kappa shape index (κ1) is 14.1. The molecule has 0 aromatic rings. The Morgan fingerprint density at radius 1 is 1.41 bits per heavy atom. The van der Waals surface area contributed by atoms with Gasteiger partial charge < -0.3 is 14.7 Å². The van der Waals surface area contributed by atoms with E-state index in [0.29, 0.717) is 13.1 Å². The van der Waals surface area contributed by atoms with E-state index in [-0.39, 0.29) is 11.8 Å². The highest BCUT2D eigenvalue weighted by Crippen LogP contribution is 2.26. The van der Waals surface area contributed by atoms with Crippen molar-refractivity contribution in [1.29, 1.82) is 0 Å². The van der Waals surface area contributed by atoms with Crippen LogP contribution in [-0.4, -0.2) is 48.1 Å². The van der Waals surface area contributed by atoms with E-state index in [9.17, 15) is 18.0 Å². The van der Waals surface area contributed by atoms with Crippen molar-refractivity contribution in [2.24, 2.45) is 11.8 Å². The minimum atomic E-state index is -4.73. The molecule has 7 heteroatoms. The largest absolute Gasteiger partial charge is 0.434 e. The van der Waals surface area contributed by atoms with Crippen LogP contribution in [0.2, 0.25) is 0 Å². The molecule has 1 heterocycles. The van der Waals surface area contributed by atoms with Gasteiger partial charge in [-0.1, -0.05) is 13.8 Å². The molecule has 1 amide bonds. The number of hydrogen-bond donors (Lipinski definition) is 1. The summed E-state index contributed by atoms with van der Waals surface area (Å²) < 4.78 is 41.1. The molecule has 0 aromatic heterocycles. The zero-order valence-corrected chi connectivity index (χ0v) is 9.70. The Balaban J connectivity index is 2.55. The van der Waals surface area contributed by atoms with Crippen LogP contribution in [0.4, 0.5) is 18.0 Å². The molecule has 1 N–H and O–H groups in total. The van der Waals surface area contributed by atoms with Gasteiger partial charge in [0.25, 0.3) is 0 Å². The minimum absolute atomic E-state index is 0.237. The lowest BCUT2D eigenvalue weighted by Gasteiger charge is -2.22. The summed E-state index contributed by atoms with van der Waals surface area (Å²) in [6, 6.07) is 0. The lowest BCUT2D eigenvalue weighted by atomic mass is 10.0. The van der Waals surface area contributed by atoms with Crippen LogP contribution in [0.5, 0.6) is 0 Å². The van der Waals surface area contributed by atoms with Crippen molar-refractivity contribution in [1.82, 2.24) is 4.90 Å². The van der Waals surface area contributed by atoms with E-state index in [2.05, 4.69) is 4.74 Å². The predicted octanol–water partition coefficient (Wildman–Crippen LogP) is 1.63. The number of hydrogen-bond acceptors (Lipinski definition) is 3. The lowest BCUT2D eigenvalue weighted by molar-refractivity contribution is -0.214. The average molecular weight is 255 g/mol. The molecule has 0 unspecified atom stereocenters. The molecule has 1 saturated heterocycles. The second-order valence-electron chi connectivity index (χ2n) is 4.46. The third-order valence-electron chi connectivity index (χ3n) is 3.02. The van der Waals surface area contributed by atoms with E-state index >= 15 is 0 Å². The Bertz CT molecular complexity index is 272. The van der Waals surface area contributed by atoms with Crippen molar-refractivity contribution in [3.05, 3.63) is 0 Å². The standard InChI is InChI=1S/C10H16F3NO3/c1-6-3-14(4-7(6)2)9(16)17-8(5-15)10(11,12)13/h6-8,15H,3-5H2,1-2H3/t6-,7+,8-/m1/s1. The highest BCUT2D eigenvalue weighted by atomic mass is 19.4. The lowest BCUT2D eigenvalue weighted by Crippen LogP contribution is -2.41. The van der Waals surface area contributed by atoms with Crippen LogP contribution in [0.3, 0.4) is 0 Å². The SMILES string of the molecule is C[C@@H]1CN(C(=O)O[C@H](CO)C(F)(F)F)C[C@@H]1C. The van der Waals surface area contributed by atoms with E-state index in [1.165, 1.54) is 4.90 Å². The van der Waals surface area contributed by atoms with Crippen LogP contribution in [0.15, 0.2) is 0 Å². The van der Waals surface area contributed by atoms with Crippen molar-refractivity contribution in [3.8, 4) is 0 Å². The highest BCUT2D eigenvalue weighted by molar-refractivity contribution is 5.68. The molecule has 0 saturated carbocycles. The average Bonchev–Trinajstić information content (AvgIpc) is 2.53. The van der Waals surface area contributed by atoms with Crippen molar-refractivity contribution in [3.63, 3.8) is 0 Å². The summed E-state index contributed by atoms with van der Waals surface area (Å²) in [5, 5.41) is 8.54. The number of aliphatic hydroxyl groups excluding tert-OH is 1. The maximum absolute atomic E-state index is 12.3. The van der Waals surface area contributed by atoms with E-state index in [1.54, 1.807) is 0 Å². The molecule has 0 spiro atoms. The quantitative estimate of drug-likeness (QED) is 0.816. The molecule has 0 bridgehead atoms. The van der Waals surface area contributed by atoms with Crippen LogP contribution >= 0.6 is 0 Å². The molecule has 4 nitrogen and oxygen atoms in total. The van der Waals surface area contributed by atoms with E-state index in [1.807, 2.05) is 13.8 Å². The summed E-state index contributed by atoms with van der Waals surface area (Å²) in [5.41, 5.74) is 0. The maximum atomic E-state index is 12.3. The van der Waals surface area contributed by atoms with E-state index in [0.717, 1.165) is 0 Å². The second kappa shape index (κ2) is 5.12. The van der Waals surface area contributed by atoms with Gasteiger partial charge in [0.1, 0.15) is 0 Å². The van der Waals surface area contributed by atoms with Gasteiger partial charge in [0.2, 0.25) is 6.10 Å². The molecule has 17 heavy (non-hydrogen) atoms. The van der Waals surface area contributed by atoms with Gasteiger partial charge >= 0.3 is 12.3 Å². The zero-order valence-electron chi connectivity index (χ0n) is 9.70. The van der Waals surface area contributed by atoms with Crippen molar-refractivity contribution in [2.75, 3.05) is 19.7 Å². The Hall–Kier alpha value is -0.980. The van der Waals surface area contributed by atoms with E-state index in [4.69, 9.17) is 5.11 Å². The van der Waals surface area contributed by atoms with Crippen LogP contribution in [0.25, 0.3) is 0 Å². The van der Waals surface area contributed by atoms with Gasteiger partial charge in [0.15, 0.2) is 0 Å². The summed E-state index contributed by atoms with van der Waals surface area (Å²) in [5.74, 6) is 0.474. The number of carbonyl (C=O) groups is 1. The fourth-order valence-electron chi connectivity index (χ4n) is 1.68. The molecular formula is C10H16F3NO3. The monoisotopic (exact) mass is 255 g/mol. The van der Waals surface area contributed by atoms with Crippen molar-refractivity contribution in [2.45, 2.75) is 26.1 Å². The molecule has 1 aliphatic rings. The number of carbonyl (C=O) groups excluding carboxylic acids is 1. The summed E-state index contributed by atoms with van der Waals surface area (Å²) >= 11 is 0. The molecule has 0 aromatic carbocycles. The van der Waals surface area contributed by atoms with Crippen molar-refractivity contribution < 1.29 is 27.8 Å². The van der Waals surface area contributed by atoms with Crippen LogP contribution < -0.4 is 0 Å². The second-order valence-corrected chi connectivity index (χ2v) is 4.46. The topological polar surface area (TPSA) is 49.8 Å². The summed E-state index contributed by atoms with van der Waals surface area (Å²) in [4.78, 5) is 12.7. The molecule has 1 fully saturated rings. The molecule has 3 atom stereocenters. The summed E-state index contributed by atoms with van der Waals surface area (Å²) in [7, 11) is 0. The number of nitrogens with zero attached hydrogens (tertiary/aromatic N) is 1. The van der Waals surface area contributed by atoms with Gasteiger partial charge in [-0.2, -0.15) is 13.2 Å². The smallest absolute Gasteiger partial charge is 0.427 e. The first-order valence-corrected chi connectivity index (χ1v) is 5.38. The third-order valence-corrected chi connectivity index (χ3v) is 3.02. The number of likely N-dealkylation sites (tertiary alicyclic amines) is 1. The number of alkyl halides is 3.